The first kappa shape index (κ1) is 36.8. The quantitative estimate of drug-likeness (QED) is 0.0707. The van der Waals surface area contributed by atoms with Crippen LogP contribution in [0.4, 0.5) is 0 Å². The molecule has 1 saturated heterocycles. The van der Waals surface area contributed by atoms with Crippen LogP contribution in [0.3, 0.4) is 0 Å². The van der Waals surface area contributed by atoms with E-state index in [4.69, 9.17) is 55.8 Å². The van der Waals surface area contributed by atoms with Gasteiger partial charge in [0.05, 0.1) is 114 Å². The molecule has 0 aromatic rings. The average Bonchev–Trinajstić information content (AvgIpc) is 2.99. The maximum absolute atomic E-state index is 11.4. The molecular formula is C26H51N3O14. The lowest BCUT2D eigenvalue weighted by molar-refractivity contribution is -0.279. The van der Waals surface area contributed by atoms with Gasteiger partial charge in [0.25, 0.3) is 0 Å². The molecule has 1 aliphatic heterocycles. The van der Waals surface area contributed by atoms with Gasteiger partial charge in [0.1, 0.15) is 18.3 Å². The molecule has 0 aromatic heterocycles. The van der Waals surface area contributed by atoms with E-state index in [0.29, 0.717) is 0 Å². The van der Waals surface area contributed by atoms with Crippen molar-refractivity contribution in [3.8, 4) is 0 Å². The van der Waals surface area contributed by atoms with Crippen molar-refractivity contribution in [2.45, 2.75) is 92.2 Å². The Bertz CT molecular complexity index is 791. The van der Waals surface area contributed by atoms with Gasteiger partial charge in [-0.1, -0.05) is 0 Å². The molecule has 43 heavy (non-hydrogen) atoms. The van der Waals surface area contributed by atoms with Crippen molar-refractivity contribution in [1.82, 2.24) is 0 Å². The van der Waals surface area contributed by atoms with Crippen LogP contribution in [-0.2, 0) is 28.4 Å². The average molecular weight is 630 g/mol. The standard InChI is InChI=1S/C26H51N3O14/c27-17-14(7-12(9-38-4-1-30)20(33)21(17)34)41-24-13(10-39-5-2-31)8-15(18(28)22(24)35)42-25-16(11-40-6-3-32)43-26(37)19(29)23(25)36/h12-26,30-37H,1-11,27-29H2. The van der Waals surface area contributed by atoms with Gasteiger partial charge in [-0.2, -0.15) is 0 Å². The number of hydrogen-bond donors (Lipinski definition) is 11. The minimum absolute atomic E-state index is 0.0147. The molecule has 15 unspecified atom stereocenters. The predicted octanol–water partition coefficient (Wildman–Crippen LogP) is -6.30. The van der Waals surface area contributed by atoms with Gasteiger partial charge in [-0.3, -0.25) is 0 Å². The third-order valence-electron chi connectivity index (χ3n) is 8.41. The summed E-state index contributed by atoms with van der Waals surface area (Å²) in [4.78, 5) is 0. The second kappa shape index (κ2) is 17.9. The Morgan fingerprint density at radius 2 is 1.02 bits per heavy atom. The maximum atomic E-state index is 11.4. The lowest BCUT2D eigenvalue weighted by atomic mass is 9.77. The molecule has 15 atom stereocenters. The monoisotopic (exact) mass is 629 g/mol. The highest BCUT2D eigenvalue weighted by Gasteiger charge is 2.51. The van der Waals surface area contributed by atoms with E-state index in [1.165, 1.54) is 0 Å². The van der Waals surface area contributed by atoms with Crippen molar-refractivity contribution < 1.29 is 69.3 Å². The second-order valence-corrected chi connectivity index (χ2v) is 11.4. The highest BCUT2D eigenvalue weighted by atomic mass is 16.6. The Kier molecular flexibility index (Phi) is 15.3. The minimum Gasteiger partial charge on any atom is -0.394 e. The van der Waals surface area contributed by atoms with E-state index in [1.54, 1.807) is 0 Å². The van der Waals surface area contributed by atoms with E-state index in [0.717, 1.165) is 0 Å². The van der Waals surface area contributed by atoms with Gasteiger partial charge < -0.3 is 86.5 Å². The fraction of sp³-hybridized carbons (Fsp3) is 1.00. The number of aliphatic hydroxyl groups is 8. The molecule has 254 valence electrons. The first-order chi connectivity index (χ1) is 20.5. The largest absolute Gasteiger partial charge is 0.394 e. The third kappa shape index (κ3) is 9.43. The normalized spacial score (nSPS) is 44.0. The van der Waals surface area contributed by atoms with Gasteiger partial charge in [0.15, 0.2) is 6.29 Å². The first-order valence-electron chi connectivity index (χ1n) is 14.7. The van der Waals surface area contributed by atoms with E-state index in [9.17, 15) is 30.6 Å². The van der Waals surface area contributed by atoms with Gasteiger partial charge in [-0.05, 0) is 12.8 Å². The Morgan fingerprint density at radius 3 is 1.60 bits per heavy atom. The zero-order valence-electron chi connectivity index (χ0n) is 24.2. The molecule has 3 aliphatic rings. The van der Waals surface area contributed by atoms with Crippen molar-refractivity contribution in [1.29, 1.82) is 0 Å². The van der Waals surface area contributed by atoms with Crippen molar-refractivity contribution in [3.63, 3.8) is 0 Å². The third-order valence-corrected chi connectivity index (χ3v) is 8.41. The summed E-state index contributed by atoms with van der Waals surface area (Å²) in [5.41, 5.74) is 18.6. The maximum Gasteiger partial charge on any atom is 0.173 e. The number of rotatable bonds is 16. The van der Waals surface area contributed by atoms with Crippen LogP contribution in [0.2, 0.25) is 0 Å². The van der Waals surface area contributed by atoms with E-state index < -0.39 is 91.2 Å². The van der Waals surface area contributed by atoms with Crippen LogP contribution in [0.5, 0.6) is 0 Å². The fourth-order valence-corrected chi connectivity index (χ4v) is 5.97. The molecule has 14 N–H and O–H groups in total. The van der Waals surface area contributed by atoms with Crippen LogP contribution in [0.25, 0.3) is 0 Å². The van der Waals surface area contributed by atoms with Crippen molar-refractivity contribution >= 4 is 0 Å². The van der Waals surface area contributed by atoms with Crippen LogP contribution in [0.15, 0.2) is 0 Å². The van der Waals surface area contributed by atoms with Crippen LogP contribution in [0.1, 0.15) is 12.8 Å². The highest BCUT2D eigenvalue weighted by Crippen LogP contribution is 2.36. The first-order valence-corrected chi connectivity index (χ1v) is 14.7. The molecule has 3 fully saturated rings. The van der Waals surface area contributed by atoms with Crippen molar-refractivity contribution in [3.05, 3.63) is 0 Å². The van der Waals surface area contributed by atoms with E-state index in [1.807, 2.05) is 0 Å². The zero-order valence-corrected chi connectivity index (χ0v) is 24.2. The number of hydrogen-bond acceptors (Lipinski definition) is 17. The molecule has 0 spiro atoms. The van der Waals surface area contributed by atoms with Crippen molar-refractivity contribution in [2.24, 2.45) is 29.0 Å². The summed E-state index contributed by atoms with van der Waals surface area (Å²) in [5.74, 6) is -1.12. The lowest BCUT2D eigenvalue weighted by Gasteiger charge is -2.49. The second-order valence-electron chi connectivity index (χ2n) is 11.4. The van der Waals surface area contributed by atoms with E-state index in [-0.39, 0.29) is 72.3 Å². The van der Waals surface area contributed by atoms with Crippen LogP contribution >= 0.6 is 0 Å². The Hall–Kier alpha value is -0.680. The lowest BCUT2D eigenvalue weighted by Crippen LogP contribution is -2.67. The van der Waals surface area contributed by atoms with Gasteiger partial charge in [0, 0.05) is 11.8 Å². The SMILES string of the molecule is NC1C(OC2C(COCCO)CC(OC3C(COCCO)OC(O)C(N)C3O)C(N)C2O)CC(COCCO)C(O)C1O. The summed E-state index contributed by atoms with van der Waals surface area (Å²) >= 11 is 0. The summed E-state index contributed by atoms with van der Waals surface area (Å²) in [6.45, 7) is -0.715. The Balaban J connectivity index is 1.77. The van der Waals surface area contributed by atoms with Crippen LogP contribution in [0, 0.1) is 11.8 Å². The summed E-state index contributed by atoms with van der Waals surface area (Å²) in [7, 11) is 0. The van der Waals surface area contributed by atoms with Crippen molar-refractivity contribution in [2.75, 3.05) is 59.5 Å². The molecule has 0 bridgehead atoms. The molecule has 2 saturated carbocycles. The molecule has 0 amide bonds. The molecule has 1 heterocycles. The molecular weight excluding hydrogens is 578 g/mol. The number of nitrogens with two attached hydrogens (primary N) is 3. The number of ether oxygens (including phenoxy) is 6. The smallest absolute Gasteiger partial charge is 0.173 e. The molecule has 17 heteroatoms. The molecule has 0 radical (unpaired) electrons. The molecule has 3 rings (SSSR count). The van der Waals surface area contributed by atoms with E-state index in [2.05, 4.69) is 0 Å². The van der Waals surface area contributed by atoms with Gasteiger partial charge >= 0.3 is 0 Å². The molecule has 17 nitrogen and oxygen atoms in total. The fourth-order valence-electron chi connectivity index (χ4n) is 5.97. The number of aliphatic hydroxyl groups excluding tert-OH is 8. The van der Waals surface area contributed by atoms with E-state index >= 15 is 0 Å². The highest BCUT2D eigenvalue weighted by molar-refractivity contribution is 5.02. The minimum atomic E-state index is -1.49. The summed E-state index contributed by atoms with van der Waals surface area (Å²) in [6.07, 6.45) is -11.1. The Morgan fingerprint density at radius 1 is 0.558 bits per heavy atom. The molecule has 0 aromatic carbocycles. The molecule has 2 aliphatic carbocycles. The van der Waals surface area contributed by atoms with Gasteiger partial charge in [-0.25, -0.2) is 0 Å². The van der Waals surface area contributed by atoms with Gasteiger partial charge in [0.2, 0.25) is 0 Å². The topological polar surface area (TPSA) is 295 Å². The Labute approximate surface area is 250 Å². The summed E-state index contributed by atoms with van der Waals surface area (Å²) in [6, 6.07) is -3.25. The predicted molar refractivity (Wildman–Crippen MR) is 146 cm³/mol. The van der Waals surface area contributed by atoms with Crippen LogP contribution in [-0.4, -0.2) is 180 Å². The van der Waals surface area contributed by atoms with Gasteiger partial charge in [-0.15, -0.1) is 0 Å². The van der Waals surface area contributed by atoms with Crippen LogP contribution < -0.4 is 17.2 Å². The zero-order chi connectivity index (χ0) is 31.7. The summed E-state index contributed by atoms with van der Waals surface area (Å²) in [5, 5.41) is 80.8. The summed E-state index contributed by atoms with van der Waals surface area (Å²) < 4.78 is 34.3.